The minimum Gasteiger partial charge on any atom is -0.480 e. The summed E-state index contributed by atoms with van der Waals surface area (Å²) in [5.41, 5.74) is 0.450. The summed E-state index contributed by atoms with van der Waals surface area (Å²) in [5, 5.41) is 19.5. The first-order valence-corrected chi connectivity index (χ1v) is 8.15. The fourth-order valence-electron chi connectivity index (χ4n) is 2.14. The van der Waals surface area contributed by atoms with E-state index in [0.29, 0.717) is 17.9 Å². The molecule has 10 nitrogen and oxygen atoms in total. The summed E-state index contributed by atoms with van der Waals surface area (Å²) in [6, 6.07) is 0.738. The van der Waals surface area contributed by atoms with Gasteiger partial charge < -0.3 is 25.6 Å². The third-order valence-electron chi connectivity index (χ3n) is 3.24. The van der Waals surface area contributed by atoms with Crippen molar-refractivity contribution in [2.75, 3.05) is 13.1 Å². The number of amides is 3. The molecular formula is C16H24N4O6. The Morgan fingerprint density at radius 3 is 2.38 bits per heavy atom. The highest BCUT2D eigenvalue weighted by atomic mass is 16.5. The Morgan fingerprint density at radius 1 is 1.15 bits per heavy atom. The average Bonchev–Trinajstić information content (AvgIpc) is 2.94. The van der Waals surface area contributed by atoms with E-state index < -0.39 is 36.3 Å². The quantitative estimate of drug-likeness (QED) is 0.429. The predicted octanol–water partition coefficient (Wildman–Crippen LogP) is -0.627. The fourth-order valence-corrected chi connectivity index (χ4v) is 2.14. The van der Waals surface area contributed by atoms with Gasteiger partial charge >= 0.3 is 5.97 Å². The first kappa shape index (κ1) is 21.1. The molecule has 1 aromatic rings. The Balaban J connectivity index is 2.47. The number of carboxylic acid groups (broad SMARTS) is 1. The largest absolute Gasteiger partial charge is 0.480 e. The highest BCUT2D eigenvalue weighted by molar-refractivity contribution is 5.91. The molecule has 1 heterocycles. The molecule has 3 amide bonds. The Bertz CT molecular complexity index is 655. The van der Waals surface area contributed by atoms with Crippen LogP contribution in [0.15, 0.2) is 10.6 Å². The van der Waals surface area contributed by atoms with Crippen LogP contribution in [-0.2, 0) is 25.6 Å². The summed E-state index contributed by atoms with van der Waals surface area (Å²) < 4.78 is 4.85. The van der Waals surface area contributed by atoms with E-state index in [2.05, 4.69) is 21.1 Å². The number of aliphatic carboxylic acids is 1. The number of carbonyl (C=O) groups excluding carboxylic acids is 3. The van der Waals surface area contributed by atoms with E-state index in [-0.39, 0.29) is 18.9 Å². The minimum absolute atomic E-state index is 0.0286. The van der Waals surface area contributed by atoms with Gasteiger partial charge in [-0.05, 0) is 19.3 Å². The van der Waals surface area contributed by atoms with Crippen LogP contribution in [0, 0.1) is 12.8 Å². The van der Waals surface area contributed by atoms with Crippen molar-refractivity contribution in [3.8, 4) is 0 Å². The van der Waals surface area contributed by atoms with Crippen LogP contribution in [-0.4, -0.2) is 53.1 Å². The van der Waals surface area contributed by atoms with Crippen molar-refractivity contribution in [3.63, 3.8) is 0 Å². The van der Waals surface area contributed by atoms with E-state index in [9.17, 15) is 19.2 Å². The van der Waals surface area contributed by atoms with Crippen molar-refractivity contribution >= 4 is 23.7 Å². The number of hydrogen-bond acceptors (Lipinski definition) is 6. The van der Waals surface area contributed by atoms with E-state index in [1.54, 1.807) is 13.0 Å². The molecule has 26 heavy (non-hydrogen) atoms. The van der Waals surface area contributed by atoms with Gasteiger partial charge in [0.25, 0.3) is 0 Å². The molecule has 144 valence electrons. The Kier molecular flexibility index (Phi) is 8.26. The lowest BCUT2D eigenvalue weighted by atomic mass is 10.0. The molecule has 0 fully saturated rings. The summed E-state index contributed by atoms with van der Waals surface area (Å²) in [4.78, 5) is 46.3. The van der Waals surface area contributed by atoms with Gasteiger partial charge in [0, 0.05) is 6.07 Å². The molecule has 0 aliphatic heterocycles. The molecular weight excluding hydrogens is 344 g/mol. The minimum atomic E-state index is -1.18. The highest BCUT2D eigenvalue weighted by Gasteiger charge is 2.22. The van der Waals surface area contributed by atoms with Gasteiger partial charge in [0.05, 0.1) is 18.7 Å². The maximum Gasteiger partial charge on any atom is 0.322 e. The molecule has 4 N–H and O–H groups in total. The third kappa shape index (κ3) is 8.27. The monoisotopic (exact) mass is 368 g/mol. The summed E-state index contributed by atoms with van der Waals surface area (Å²) in [6.07, 6.45) is 0.308. The SMILES string of the molecule is Cc1cc(CC(=O)NCC(=O)NC(CC(C)C)C(=O)NCC(=O)O)no1. The summed E-state index contributed by atoms with van der Waals surface area (Å²) in [6.45, 7) is 4.59. The maximum absolute atomic E-state index is 12.0. The Morgan fingerprint density at radius 2 is 1.85 bits per heavy atom. The number of nitrogens with zero attached hydrogens (tertiary/aromatic N) is 1. The van der Waals surface area contributed by atoms with Crippen molar-refractivity contribution in [2.45, 2.75) is 39.7 Å². The molecule has 10 heteroatoms. The molecule has 1 unspecified atom stereocenters. The van der Waals surface area contributed by atoms with Crippen LogP contribution in [0.1, 0.15) is 31.7 Å². The lowest BCUT2D eigenvalue weighted by Crippen LogP contribution is -2.50. The number of nitrogens with one attached hydrogen (secondary N) is 3. The first-order valence-electron chi connectivity index (χ1n) is 8.15. The van der Waals surface area contributed by atoms with Crippen LogP contribution in [0.5, 0.6) is 0 Å². The van der Waals surface area contributed by atoms with Gasteiger partial charge in [-0.15, -0.1) is 0 Å². The zero-order chi connectivity index (χ0) is 19.7. The second kappa shape index (κ2) is 10.2. The zero-order valence-corrected chi connectivity index (χ0v) is 15.0. The van der Waals surface area contributed by atoms with Gasteiger partial charge in [-0.3, -0.25) is 19.2 Å². The molecule has 0 spiro atoms. The van der Waals surface area contributed by atoms with Crippen LogP contribution in [0.2, 0.25) is 0 Å². The van der Waals surface area contributed by atoms with E-state index in [1.165, 1.54) is 0 Å². The lowest BCUT2D eigenvalue weighted by molar-refractivity contribution is -0.138. The molecule has 1 rings (SSSR count). The number of carbonyl (C=O) groups is 4. The molecule has 1 aromatic heterocycles. The maximum atomic E-state index is 12.0. The molecule has 0 radical (unpaired) electrons. The van der Waals surface area contributed by atoms with Crippen molar-refractivity contribution in [1.29, 1.82) is 0 Å². The van der Waals surface area contributed by atoms with E-state index in [0.717, 1.165) is 0 Å². The number of rotatable bonds is 10. The van der Waals surface area contributed by atoms with Crippen molar-refractivity contribution in [3.05, 3.63) is 17.5 Å². The first-order chi connectivity index (χ1) is 12.2. The van der Waals surface area contributed by atoms with Gasteiger partial charge in [0.2, 0.25) is 17.7 Å². The Hall–Kier alpha value is -2.91. The average molecular weight is 368 g/mol. The second-order valence-corrected chi connectivity index (χ2v) is 6.24. The van der Waals surface area contributed by atoms with Crippen LogP contribution < -0.4 is 16.0 Å². The summed E-state index contributed by atoms with van der Waals surface area (Å²) >= 11 is 0. The van der Waals surface area contributed by atoms with Gasteiger partial charge in [0.15, 0.2) is 0 Å². The van der Waals surface area contributed by atoms with E-state index in [4.69, 9.17) is 9.63 Å². The van der Waals surface area contributed by atoms with Crippen molar-refractivity contribution < 1.29 is 28.8 Å². The molecule has 0 bridgehead atoms. The van der Waals surface area contributed by atoms with E-state index in [1.807, 2.05) is 13.8 Å². The van der Waals surface area contributed by atoms with Gasteiger partial charge in [-0.25, -0.2) is 0 Å². The number of hydrogen-bond donors (Lipinski definition) is 4. The van der Waals surface area contributed by atoms with Gasteiger partial charge in [-0.2, -0.15) is 0 Å². The molecule has 0 aromatic carbocycles. The van der Waals surface area contributed by atoms with Crippen LogP contribution >= 0.6 is 0 Å². The normalized spacial score (nSPS) is 11.7. The van der Waals surface area contributed by atoms with Gasteiger partial charge in [0.1, 0.15) is 18.3 Å². The van der Waals surface area contributed by atoms with Gasteiger partial charge in [-0.1, -0.05) is 19.0 Å². The number of carboxylic acids is 1. The molecule has 0 saturated carbocycles. The molecule has 0 aliphatic carbocycles. The molecule has 1 atom stereocenters. The van der Waals surface area contributed by atoms with Crippen molar-refractivity contribution in [1.82, 2.24) is 21.1 Å². The molecule has 0 aliphatic rings. The van der Waals surface area contributed by atoms with Crippen molar-refractivity contribution in [2.24, 2.45) is 5.92 Å². The summed E-state index contributed by atoms with van der Waals surface area (Å²) in [5.74, 6) is -2.05. The Labute approximate surface area is 150 Å². The molecule has 0 saturated heterocycles. The number of aromatic nitrogens is 1. The fraction of sp³-hybridized carbons (Fsp3) is 0.562. The zero-order valence-electron chi connectivity index (χ0n) is 15.0. The lowest BCUT2D eigenvalue weighted by Gasteiger charge is -2.19. The third-order valence-corrected chi connectivity index (χ3v) is 3.24. The predicted molar refractivity (Wildman–Crippen MR) is 90.0 cm³/mol. The van der Waals surface area contributed by atoms with E-state index >= 15 is 0 Å². The smallest absolute Gasteiger partial charge is 0.322 e. The number of aryl methyl sites for hydroxylation is 1. The second-order valence-electron chi connectivity index (χ2n) is 6.24. The van der Waals surface area contributed by atoms with Crippen LogP contribution in [0.25, 0.3) is 0 Å². The van der Waals surface area contributed by atoms with Crippen LogP contribution in [0.4, 0.5) is 0 Å². The summed E-state index contributed by atoms with van der Waals surface area (Å²) in [7, 11) is 0. The topological polar surface area (TPSA) is 151 Å². The van der Waals surface area contributed by atoms with Crippen LogP contribution in [0.3, 0.4) is 0 Å². The highest BCUT2D eigenvalue weighted by Crippen LogP contribution is 2.05. The standard InChI is InChI=1S/C16H24N4O6/c1-9(2)4-12(16(25)18-8-15(23)24)19-14(22)7-17-13(21)6-11-5-10(3)26-20-11/h5,9,12H,4,6-8H2,1-3H3,(H,17,21)(H,18,25)(H,19,22)(H,23,24).